The second kappa shape index (κ2) is 11.4. The van der Waals surface area contributed by atoms with Crippen LogP contribution in [0.5, 0.6) is 0 Å². The van der Waals surface area contributed by atoms with E-state index in [1.54, 1.807) is 25.6 Å². The highest BCUT2D eigenvalue weighted by Gasteiger charge is 2.51. The fourth-order valence-electron chi connectivity index (χ4n) is 4.08. The van der Waals surface area contributed by atoms with Crippen LogP contribution in [0.2, 0.25) is 0 Å². The molecule has 1 aromatic carbocycles. The SMILES string of the molecule is CCOC(=O)N1CC(OCC)=C2O[C@H](SCC)C[C@H](c3ccccc3)[C@H]2N1C(=O)OCC. The van der Waals surface area contributed by atoms with E-state index < -0.39 is 18.2 Å². The molecule has 1 aromatic rings. The molecule has 2 heterocycles. The van der Waals surface area contributed by atoms with Crippen LogP contribution in [-0.2, 0) is 18.9 Å². The van der Waals surface area contributed by atoms with Gasteiger partial charge in [-0.2, -0.15) is 0 Å². The zero-order valence-electron chi connectivity index (χ0n) is 19.1. The van der Waals surface area contributed by atoms with Crippen molar-refractivity contribution < 1.29 is 28.5 Å². The van der Waals surface area contributed by atoms with E-state index >= 15 is 0 Å². The summed E-state index contributed by atoms with van der Waals surface area (Å²) >= 11 is 1.71. The van der Waals surface area contributed by atoms with Crippen molar-refractivity contribution in [2.45, 2.75) is 51.5 Å². The number of nitrogens with zero attached hydrogens (tertiary/aromatic N) is 2. The highest BCUT2D eigenvalue weighted by atomic mass is 32.2. The van der Waals surface area contributed by atoms with Gasteiger partial charge in [0.15, 0.2) is 11.5 Å². The summed E-state index contributed by atoms with van der Waals surface area (Å²) < 4.78 is 22.9. The largest absolute Gasteiger partial charge is 0.493 e. The van der Waals surface area contributed by atoms with E-state index in [-0.39, 0.29) is 31.1 Å². The van der Waals surface area contributed by atoms with E-state index in [0.717, 1.165) is 11.3 Å². The minimum absolute atomic E-state index is 0.0301. The molecule has 2 aliphatic rings. The van der Waals surface area contributed by atoms with Crippen molar-refractivity contribution in [3.63, 3.8) is 0 Å². The molecule has 0 radical (unpaired) electrons. The average Bonchev–Trinajstić information content (AvgIpc) is 2.79. The summed E-state index contributed by atoms with van der Waals surface area (Å²) in [6.07, 6.45) is -0.582. The van der Waals surface area contributed by atoms with E-state index in [9.17, 15) is 9.59 Å². The molecule has 0 aromatic heterocycles. The Morgan fingerprint density at radius 3 is 2.34 bits per heavy atom. The molecule has 9 heteroatoms. The quantitative estimate of drug-likeness (QED) is 0.577. The minimum atomic E-state index is -0.631. The Labute approximate surface area is 193 Å². The number of benzene rings is 1. The summed E-state index contributed by atoms with van der Waals surface area (Å²) in [5.41, 5.74) is 0.959. The second-order valence-corrected chi connectivity index (χ2v) is 8.66. The topological polar surface area (TPSA) is 77.5 Å². The van der Waals surface area contributed by atoms with Gasteiger partial charge in [0.1, 0.15) is 18.0 Å². The monoisotopic (exact) mass is 464 g/mol. The van der Waals surface area contributed by atoms with Gasteiger partial charge in [0.2, 0.25) is 0 Å². The Morgan fingerprint density at radius 2 is 1.72 bits per heavy atom. The van der Waals surface area contributed by atoms with Gasteiger partial charge in [-0.3, -0.25) is 0 Å². The summed E-state index contributed by atoms with van der Waals surface area (Å²) in [5.74, 6) is 1.88. The molecule has 0 unspecified atom stereocenters. The molecule has 0 saturated carbocycles. The fraction of sp³-hybridized carbons (Fsp3) is 0.565. The summed E-state index contributed by atoms with van der Waals surface area (Å²) in [5, 5.41) is 2.62. The average molecular weight is 465 g/mol. The van der Waals surface area contributed by atoms with Crippen molar-refractivity contribution in [2.24, 2.45) is 0 Å². The predicted octanol–water partition coefficient (Wildman–Crippen LogP) is 4.73. The van der Waals surface area contributed by atoms with E-state index in [2.05, 4.69) is 6.92 Å². The molecule has 0 spiro atoms. The molecule has 2 amide bonds. The molecular weight excluding hydrogens is 432 g/mol. The van der Waals surface area contributed by atoms with Gasteiger partial charge in [-0.1, -0.05) is 37.3 Å². The number of amides is 2. The summed E-state index contributed by atoms with van der Waals surface area (Å²) in [7, 11) is 0. The van der Waals surface area contributed by atoms with Crippen LogP contribution >= 0.6 is 11.8 Å². The lowest BCUT2D eigenvalue weighted by Gasteiger charge is -2.49. The number of ether oxygens (including phenoxy) is 4. The van der Waals surface area contributed by atoms with Crippen molar-refractivity contribution in [3.05, 3.63) is 47.4 Å². The van der Waals surface area contributed by atoms with E-state index in [1.165, 1.54) is 10.0 Å². The van der Waals surface area contributed by atoms with Crippen molar-refractivity contribution in [2.75, 3.05) is 32.1 Å². The standard InChI is InChI=1S/C23H32N2O6S/c1-5-28-18-15-24(22(26)29-6-2)25(23(27)30-7-3)20-17(16-12-10-9-11-13-16)14-19(32-8-4)31-21(18)20/h9-13,17,19-20H,5-8,14-15H2,1-4H3/t17-,19-,20-/m1/s1. The number of hydrazine groups is 1. The van der Waals surface area contributed by atoms with Crippen molar-refractivity contribution >= 4 is 23.9 Å². The van der Waals surface area contributed by atoms with Crippen molar-refractivity contribution in [1.82, 2.24) is 10.0 Å². The highest BCUT2D eigenvalue weighted by molar-refractivity contribution is 7.99. The predicted molar refractivity (Wildman–Crippen MR) is 122 cm³/mol. The molecule has 0 bridgehead atoms. The van der Waals surface area contributed by atoms with Crippen molar-refractivity contribution in [3.8, 4) is 0 Å². The summed E-state index contributed by atoms with van der Waals surface area (Å²) in [6, 6.07) is 9.38. The number of fused-ring (bicyclic) bond motifs is 1. The van der Waals surface area contributed by atoms with Crippen LogP contribution in [0.3, 0.4) is 0 Å². The third-order valence-electron chi connectivity index (χ3n) is 5.28. The van der Waals surface area contributed by atoms with Crippen LogP contribution in [0.4, 0.5) is 9.59 Å². The lowest BCUT2D eigenvalue weighted by atomic mass is 9.84. The van der Waals surface area contributed by atoms with E-state index in [0.29, 0.717) is 24.5 Å². The van der Waals surface area contributed by atoms with Gasteiger partial charge in [-0.15, -0.1) is 11.8 Å². The smallest absolute Gasteiger partial charge is 0.429 e. The summed E-state index contributed by atoms with van der Waals surface area (Å²) in [6.45, 7) is 8.24. The minimum Gasteiger partial charge on any atom is -0.493 e. The van der Waals surface area contributed by atoms with Gasteiger partial charge in [-0.25, -0.2) is 19.6 Å². The Morgan fingerprint density at radius 1 is 1.03 bits per heavy atom. The number of carbonyl (C=O) groups is 2. The first-order valence-electron chi connectivity index (χ1n) is 11.1. The Kier molecular flexibility index (Phi) is 8.55. The number of carbonyl (C=O) groups excluding carboxylic acids is 2. The first-order chi connectivity index (χ1) is 15.5. The van der Waals surface area contributed by atoms with Gasteiger partial charge in [0.05, 0.1) is 19.8 Å². The maximum absolute atomic E-state index is 13.2. The van der Waals surface area contributed by atoms with E-state index in [4.69, 9.17) is 18.9 Å². The van der Waals surface area contributed by atoms with Crippen LogP contribution in [0.15, 0.2) is 41.9 Å². The fourth-order valence-corrected chi connectivity index (χ4v) is 4.97. The zero-order chi connectivity index (χ0) is 23.1. The van der Waals surface area contributed by atoms with Crippen LogP contribution < -0.4 is 0 Å². The van der Waals surface area contributed by atoms with Gasteiger partial charge in [-0.05, 0) is 32.1 Å². The molecular formula is C23H32N2O6S. The lowest BCUT2D eigenvalue weighted by molar-refractivity contribution is -0.0887. The van der Waals surface area contributed by atoms with Crippen LogP contribution in [0.1, 0.15) is 45.6 Å². The molecule has 3 atom stereocenters. The Balaban J connectivity index is 2.15. The number of rotatable bonds is 7. The van der Waals surface area contributed by atoms with E-state index in [1.807, 2.05) is 37.3 Å². The van der Waals surface area contributed by atoms with Gasteiger partial charge < -0.3 is 18.9 Å². The molecule has 1 fully saturated rings. The first-order valence-corrected chi connectivity index (χ1v) is 12.2. The van der Waals surface area contributed by atoms with Crippen LogP contribution in [0, 0.1) is 0 Å². The molecule has 176 valence electrons. The maximum Gasteiger partial charge on any atom is 0.429 e. The maximum atomic E-state index is 13.2. The first kappa shape index (κ1) is 24.1. The third-order valence-corrected chi connectivity index (χ3v) is 6.27. The molecule has 8 nitrogen and oxygen atoms in total. The second-order valence-electron chi connectivity index (χ2n) is 7.22. The lowest BCUT2D eigenvalue weighted by Crippen LogP contribution is -2.62. The summed E-state index contributed by atoms with van der Waals surface area (Å²) in [4.78, 5) is 26.0. The molecule has 0 N–H and O–H groups in total. The molecule has 0 aliphatic carbocycles. The number of hydrogen-bond acceptors (Lipinski definition) is 7. The number of thioether (sulfide) groups is 1. The Hall–Kier alpha value is -2.55. The molecule has 3 rings (SSSR count). The molecule has 2 aliphatic heterocycles. The zero-order valence-corrected chi connectivity index (χ0v) is 19.9. The molecule has 1 saturated heterocycles. The third kappa shape index (κ3) is 5.09. The van der Waals surface area contributed by atoms with Crippen LogP contribution in [-0.4, -0.2) is 65.8 Å². The van der Waals surface area contributed by atoms with Gasteiger partial charge in [0, 0.05) is 12.3 Å². The normalized spacial score (nSPS) is 22.7. The van der Waals surface area contributed by atoms with Crippen LogP contribution in [0.25, 0.3) is 0 Å². The van der Waals surface area contributed by atoms with Gasteiger partial charge >= 0.3 is 12.2 Å². The number of hydrogen-bond donors (Lipinski definition) is 0. The van der Waals surface area contributed by atoms with Crippen molar-refractivity contribution in [1.29, 1.82) is 0 Å². The Bertz CT molecular complexity index is 818. The van der Waals surface area contributed by atoms with Gasteiger partial charge in [0.25, 0.3) is 0 Å². The highest BCUT2D eigenvalue weighted by Crippen LogP contribution is 2.45. The molecule has 32 heavy (non-hydrogen) atoms.